The van der Waals surface area contributed by atoms with Crippen LogP contribution in [0.1, 0.15) is 89.6 Å². The predicted octanol–water partition coefficient (Wildman–Crippen LogP) is 8.45. The normalized spacial score (nSPS) is 10.4. The van der Waals surface area contributed by atoms with E-state index in [1.54, 1.807) is 54.5 Å². The van der Waals surface area contributed by atoms with Crippen molar-refractivity contribution in [3.8, 4) is 11.6 Å². The standard InChI is InChI=1S/C20H19ClN6OS.C11H12N2O2S.C7H6ClN5.CH4.3W/c1-11(2)17-14(10-23-20-18(17)26-12(3)29-20)8-15(28)6-13-7-16(21)19(22-9-13)27-24-4-5-25-27;1-5(2)8-7(11(14)15)4-12-10-9(8)13-6(3)16-10;8-6-3-5(9)4-10-7(6)13-11-1-2-12-13;;;;/h4-5,7,9-11H,6,8H2,1-3H3;4-5H,1-3H3,(H,14,15);1-4H,9H2;1H4;;;. The quantitative estimate of drug-likeness (QED) is 0.139. The molecule has 8 heterocycles. The van der Waals surface area contributed by atoms with E-state index in [9.17, 15) is 9.59 Å². The second kappa shape index (κ2) is 24.3. The Balaban J connectivity index is 0.000000341. The zero-order valence-corrected chi connectivity index (χ0v) is 45.3. The maximum atomic E-state index is 12.8. The number of hydrogen-bond donors (Lipinski definition) is 2. The van der Waals surface area contributed by atoms with Gasteiger partial charge in [-0.2, -0.15) is 20.4 Å². The largest absolute Gasteiger partial charge is 0.478 e. The number of thiazole rings is 2. The van der Waals surface area contributed by atoms with Gasteiger partial charge in [0.05, 0.1) is 62.3 Å². The number of Topliss-reactive ketones (excluding diaryl/α,β-unsaturated/α-hetero) is 1. The topological polar surface area (TPSA) is 219 Å². The van der Waals surface area contributed by atoms with Crippen LogP contribution in [0.3, 0.4) is 0 Å². The predicted molar refractivity (Wildman–Crippen MR) is 231 cm³/mol. The van der Waals surface area contributed by atoms with Crippen molar-refractivity contribution in [3.63, 3.8) is 0 Å². The van der Waals surface area contributed by atoms with Crippen LogP contribution in [-0.4, -0.2) is 76.8 Å². The number of rotatable bonds is 9. The number of nitrogens with two attached hydrogens (primary N) is 1. The molecule has 0 amide bonds. The number of aromatic carboxylic acids is 1. The average Bonchev–Trinajstić information content (AvgIpc) is 3.99. The summed E-state index contributed by atoms with van der Waals surface area (Å²) in [6.07, 6.45) is 13.1. The molecule has 0 fully saturated rings. The van der Waals surface area contributed by atoms with Crippen molar-refractivity contribution in [2.24, 2.45) is 0 Å². The number of aromatic nitrogens is 12. The fourth-order valence-electron chi connectivity index (χ4n) is 6.04. The number of ketones is 1. The summed E-state index contributed by atoms with van der Waals surface area (Å²) in [7, 11) is 0. The van der Waals surface area contributed by atoms with Gasteiger partial charge < -0.3 is 10.8 Å². The van der Waals surface area contributed by atoms with Crippen LogP contribution >= 0.6 is 45.9 Å². The molecule has 16 nitrogen and oxygen atoms in total. The summed E-state index contributed by atoms with van der Waals surface area (Å²) in [4.78, 5) is 54.3. The first-order valence-electron chi connectivity index (χ1n) is 17.7. The summed E-state index contributed by atoms with van der Waals surface area (Å²) in [6.45, 7) is 12.0. The summed E-state index contributed by atoms with van der Waals surface area (Å²) in [5, 5.41) is 27.7. The van der Waals surface area contributed by atoms with E-state index in [0.29, 0.717) is 33.8 Å². The Morgan fingerprint density at radius 1 is 0.694 bits per heavy atom. The van der Waals surface area contributed by atoms with Gasteiger partial charge in [-0.3, -0.25) is 4.79 Å². The molecule has 0 aliphatic heterocycles. The Morgan fingerprint density at radius 3 is 1.63 bits per heavy atom. The molecule has 0 aliphatic rings. The van der Waals surface area contributed by atoms with E-state index in [1.807, 2.05) is 33.9 Å². The minimum absolute atomic E-state index is 0. The van der Waals surface area contributed by atoms with Crippen LogP contribution in [0.5, 0.6) is 0 Å². The maximum absolute atomic E-state index is 12.8. The fourth-order valence-corrected chi connectivity index (χ4v) is 8.10. The Kier molecular flexibility index (Phi) is 21.4. The third kappa shape index (κ3) is 13.2. The Hall–Kier alpha value is -3.76. The van der Waals surface area contributed by atoms with Crippen LogP contribution in [0.25, 0.3) is 32.3 Å². The van der Waals surface area contributed by atoms with Gasteiger partial charge in [-0.15, -0.1) is 9.59 Å². The Labute approximate surface area is 418 Å². The number of carbonyl (C=O) groups excluding carboxylic acids is 1. The van der Waals surface area contributed by atoms with Crippen molar-refractivity contribution in [3.05, 3.63) is 110 Å². The van der Waals surface area contributed by atoms with E-state index in [2.05, 4.69) is 64.1 Å². The number of pyridine rings is 4. The fraction of sp³-hybridized carbons (Fsp3) is 0.282. The van der Waals surface area contributed by atoms with E-state index >= 15 is 0 Å². The molecule has 0 aliphatic carbocycles. The molecule has 0 unspecified atom stereocenters. The Bertz CT molecular complexity index is 2730. The molecule has 0 spiro atoms. The van der Waals surface area contributed by atoms with Gasteiger partial charge in [-0.25, -0.2) is 34.7 Å². The summed E-state index contributed by atoms with van der Waals surface area (Å²) in [5.74, 6) is 0.413. The van der Waals surface area contributed by atoms with Crippen molar-refractivity contribution in [1.29, 1.82) is 0 Å². The number of nitrogens with zero attached hydrogens (tertiary/aromatic N) is 12. The van der Waals surface area contributed by atoms with Gasteiger partial charge in [0.2, 0.25) is 0 Å². The van der Waals surface area contributed by atoms with Crippen molar-refractivity contribution >= 4 is 84.0 Å². The third-order valence-corrected chi connectivity index (χ3v) is 10.7. The van der Waals surface area contributed by atoms with E-state index < -0.39 is 5.97 Å². The molecular weight excluding hydrogens is 1390 g/mol. The van der Waals surface area contributed by atoms with Gasteiger partial charge in [0.15, 0.2) is 11.6 Å². The smallest absolute Gasteiger partial charge is 0.337 e. The summed E-state index contributed by atoms with van der Waals surface area (Å²) >= 11 is 15.2. The number of anilines is 1. The molecule has 0 radical (unpaired) electrons. The first kappa shape index (κ1) is 54.4. The van der Waals surface area contributed by atoms with Crippen molar-refractivity contribution in [2.75, 3.05) is 5.73 Å². The maximum Gasteiger partial charge on any atom is 0.337 e. The second-order valence-electron chi connectivity index (χ2n) is 13.4. The van der Waals surface area contributed by atoms with Crippen LogP contribution in [-0.2, 0) is 80.8 Å². The molecule has 0 bridgehead atoms. The molecular formula is C39H41Cl2N13O3S2W3. The minimum atomic E-state index is -0.941. The zero-order chi connectivity index (χ0) is 41.7. The molecule has 8 aromatic heterocycles. The number of nitrogen functional groups attached to an aromatic ring is 1. The van der Waals surface area contributed by atoms with Crippen LogP contribution in [0, 0.1) is 13.8 Å². The number of carboxylic acids is 1. The van der Waals surface area contributed by atoms with Gasteiger partial charge in [-0.05, 0) is 60.1 Å². The number of carboxylic acid groups (broad SMARTS) is 1. The second-order valence-corrected chi connectivity index (χ2v) is 16.6. The molecule has 324 valence electrons. The SMILES string of the molecule is C.Cc1nc2c(C(C)C)c(C(=O)O)cnc2s1.Cc1nc2c(C(C)C)c(CC(=O)Cc3cnc(-n4nccn4)c(Cl)c3)cnc2s1.Nc1cnc(-n2nccn2)c(Cl)c1.[W].[W].[W]. The number of aryl methyl sites for hydroxylation is 2. The first-order chi connectivity index (χ1) is 27.7. The van der Waals surface area contributed by atoms with E-state index in [4.69, 9.17) is 34.0 Å². The van der Waals surface area contributed by atoms with Gasteiger partial charge in [-0.1, -0.05) is 81.0 Å². The van der Waals surface area contributed by atoms with Crippen LogP contribution in [0.4, 0.5) is 5.69 Å². The average molecular weight is 1430 g/mol. The molecule has 62 heavy (non-hydrogen) atoms. The Morgan fingerprint density at radius 2 is 1.16 bits per heavy atom. The monoisotopic (exact) mass is 1430 g/mol. The van der Waals surface area contributed by atoms with Crippen LogP contribution in [0.15, 0.2) is 61.7 Å². The molecule has 0 saturated heterocycles. The number of halogens is 2. The number of carbonyl (C=O) groups is 2. The van der Waals surface area contributed by atoms with Gasteiger partial charge in [0.1, 0.15) is 26.5 Å². The third-order valence-electron chi connectivity index (χ3n) is 8.34. The summed E-state index contributed by atoms with van der Waals surface area (Å²) < 4.78 is 0. The molecule has 0 atom stereocenters. The van der Waals surface area contributed by atoms with E-state index in [-0.39, 0.29) is 100 Å². The van der Waals surface area contributed by atoms with Gasteiger partial charge >= 0.3 is 5.97 Å². The van der Waals surface area contributed by atoms with Crippen LogP contribution < -0.4 is 5.73 Å². The van der Waals surface area contributed by atoms with Crippen molar-refractivity contribution in [1.82, 2.24) is 59.9 Å². The van der Waals surface area contributed by atoms with Crippen molar-refractivity contribution < 1.29 is 77.9 Å². The molecule has 8 rings (SSSR count). The molecule has 0 aromatic carbocycles. The molecule has 8 aromatic rings. The van der Waals surface area contributed by atoms with Gasteiger partial charge in [0, 0.05) is 94.6 Å². The number of fused-ring (bicyclic) bond motifs is 2. The molecule has 23 heteroatoms. The van der Waals surface area contributed by atoms with Crippen molar-refractivity contribution in [2.45, 2.75) is 73.6 Å². The molecule has 0 saturated carbocycles. The molecule has 3 N–H and O–H groups in total. The first-order valence-corrected chi connectivity index (χ1v) is 20.1. The van der Waals surface area contributed by atoms with E-state index in [0.717, 1.165) is 53.0 Å². The summed E-state index contributed by atoms with van der Waals surface area (Å²) in [5.41, 5.74) is 11.5. The summed E-state index contributed by atoms with van der Waals surface area (Å²) in [6, 6.07) is 3.34. The number of hydrogen-bond acceptors (Lipinski definition) is 15. The minimum Gasteiger partial charge on any atom is -0.478 e. The van der Waals surface area contributed by atoms with Crippen LogP contribution in [0.2, 0.25) is 10.0 Å². The van der Waals surface area contributed by atoms with Gasteiger partial charge in [0.25, 0.3) is 0 Å². The van der Waals surface area contributed by atoms with E-state index in [1.165, 1.54) is 33.3 Å². The zero-order valence-electron chi connectivity index (χ0n) is 33.3.